The highest BCUT2D eigenvalue weighted by Gasteiger charge is 2.31. The predicted octanol–water partition coefficient (Wildman–Crippen LogP) is 3.32. The normalized spacial score (nSPS) is 18.8. The fourth-order valence-electron chi connectivity index (χ4n) is 4.19. The van der Waals surface area contributed by atoms with Crippen LogP contribution < -0.4 is 10.1 Å². The molecule has 0 bridgehead atoms. The molecule has 4 heterocycles. The molecule has 32 heavy (non-hydrogen) atoms. The molecule has 4 aromatic rings. The van der Waals surface area contributed by atoms with Gasteiger partial charge in [-0.3, -0.25) is 9.78 Å². The number of likely N-dealkylation sites (tertiary alicyclic amines) is 1. The maximum Gasteiger partial charge on any atom is 0.244 e. The van der Waals surface area contributed by atoms with E-state index in [0.717, 1.165) is 27.5 Å². The van der Waals surface area contributed by atoms with Crippen molar-refractivity contribution in [1.82, 2.24) is 24.5 Å². The molecule has 164 valence electrons. The minimum atomic E-state index is -1.20. The van der Waals surface area contributed by atoms with Gasteiger partial charge in [0, 0.05) is 36.8 Å². The van der Waals surface area contributed by atoms with E-state index in [9.17, 15) is 9.18 Å². The SMILES string of the molecule is COc1nc(N[C@H]2CCN(C(C)=O)C[C@H]2F)nn2ccc(-c3ccc4ncccc4c3)c12. The Bertz CT molecular complexity index is 1310. The van der Waals surface area contributed by atoms with Crippen LogP contribution >= 0.6 is 0 Å². The van der Waals surface area contributed by atoms with Crippen molar-refractivity contribution < 1.29 is 13.9 Å². The van der Waals surface area contributed by atoms with Gasteiger partial charge in [0.15, 0.2) is 0 Å². The molecule has 1 saturated heterocycles. The molecule has 0 radical (unpaired) electrons. The summed E-state index contributed by atoms with van der Waals surface area (Å²) in [5, 5.41) is 8.65. The van der Waals surface area contributed by atoms with Gasteiger partial charge in [0.2, 0.25) is 17.7 Å². The van der Waals surface area contributed by atoms with Crippen LogP contribution in [0, 0.1) is 0 Å². The van der Waals surface area contributed by atoms with Gasteiger partial charge < -0.3 is 15.0 Å². The number of nitrogens with one attached hydrogen (secondary N) is 1. The molecule has 0 unspecified atom stereocenters. The Morgan fingerprint density at radius 1 is 1.28 bits per heavy atom. The summed E-state index contributed by atoms with van der Waals surface area (Å²) < 4.78 is 21.9. The maximum absolute atomic E-state index is 14.6. The van der Waals surface area contributed by atoms with Crippen molar-refractivity contribution in [2.45, 2.75) is 25.6 Å². The Hall–Kier alpha value is -3.75. The molecule has 1 aliphatic rings. The first-order valence-electron chi connectivity index (χ1n) is 10.5. The number of piperidine rings is 1. The monoisotopic (exact) mass is 434 g/mol. The van der Waals surface area contributed by atoms with Gasteiger partial charge in [-0.15, -0.1) is 5.10 Å². The molecule has 5 rings (SSSR count). The van der Waals surface area contributed by atoms with Gasteiger partial charge in [-0.1, -0.05) is 12.1 Å². The average molecular weight is 434 g/mol. The van der Waals surface area contributed by atoms with Gasteiger partial charge in [-0.25, -0.2) is 8.91 Å². The van der Waals surface area contributed by atoms with Crippen molar-refractivity contribution in [2.75, 3.05) is 25.5 Å². The number of nitrogens with zero attached hydrogens (tertiary/aromatic N) is 5. The summed E-state index contributed by atoms with van der Waals surface area (Å²) in [4.78, 5) is 21.9. The minimum absolute atomic E-state index is 0.0663. The zero-order chi connectivity index (χ0) is 22.2. The molecule has 0 spiro atoms. The van der Waals surface area contributed by atoms with E-state index in [4.69, 9.17) is 4.74 Å². The largest absolute Gasteiger partial charge is 0.479 e. The Morgan fingerprint density at radius 3 is 2.94 bits per heavy atom. The van der Waals surface area contributed by atoms with E-state index in [0.29, 0.717) is 18.8 Å². The fraction of sp³-hybridized carbons (Fsp3) is 0.304. The number of hydrogen-bond acceptors (Lipinski definition) is 6. The summed E-state index contributed by atoms with van der Waals surface area (Å²) >= 11 is 0. The molecule has 2 atom stereocenters. The van der Waals surface area contributed by atoms with Crippen molar-refractivity contribution in [1.29, 1.82) is 0 Å². The van der Waals surface area contributed by atoms with Crippen molar-refractivity contribution in [3.05, 3.63) is 48.8 Å². The Balaban J connectivity index is 1.47. The van der Waals surface area contributed by atoms with E-state index in [1.165, 1.54) is 11.8 Å². The van der Waals surface area contributed by atoms with Gasteiger partial charge in [0.05, 0.1) is 25.2 Å². The number of anilines is 1. The summed E-state index contributed by atoms with van der Waals surface area (Å²) in [5.41, 5.74) is 3.57. The van der Waals surface area contributed by atoms with Crippen molar-refractivity contribution in [3.63, 3.8) is 0 Å². The van der Waals surface area contributed by atoms with Crippen LogP contribution in [0.4, 0.5) is 10.3 Å². The van der Waals surface area contributed by atoms with Crippen LogP contribution in [0.15, 0.2) is 48.8 Å². The minimum Gasteiger partial charge on any atom is -0.479 e. The van der Waals surface area contributed by atoms with E-state index >= 15 is 0 Å². The zero-order valence-electron chi connectivity index (χ0n) is 17.8. The van der Waals surface area contributed by atoms with Crippen molar-refractivity contribution >= 4 is 28.3 Å². The first kappa shape index (κ1) is 20.2. The second-order valence-electron chi connectivity index (χ2n) is 7.90. The number of alkyl halides is 1. The molecule has 1 fully saturated rings. The van der Waals surface area contributed by atoms with Crippen LogP contribution in [0.2, 0.25) is 0 Å². The first-order valence-corrected chi connectivity index (χ1v) is 10.5. The number of amides is 1. The second kappa shape index (κ2) is 8.07. The Labute approximate surface area is 184 Å². The lowest BCUT2D eigenvalue weighted by molar-refractivity contribution is -0.131. The van der Waals surface area contributed by atoms with Crippen LogP contribution in [0.25, 0.3) is 27.5 Å². The quantitative estimate of drug-likeness (QED) is 0.530. The van der Waals surface area contributed by atoms with Gasteiger partial charge >= 0.3 is 0 Å². The van der Waals surface area contributed by atoms with Gasteiger partial charge in [0.25, 0.3) is 0 Å². The van der Waals surface area contributed by atoms with Gasteiger partial charge in [0.1, 0.15) is 11.7 Å². The summed E-state index contributed by atoms with van der Waals surface area (Å²) in [6.45, 7) is 2.02. The number of methoxy groups -OCH3 is 1. The molecule has 3 aromatic heterocycles. The number of halogens is 1. The molecule has 1 N–H and O–H groups in total. The van der Waals surface area contributed by atoms with Gasteiger partial charge in [-0.05, 0) is 36.2 Å². The average Bonchev–Trinajstić information content (AvgIpc) is 3.23. The summed E-state index contributed by atoms with van der Waals surface area (Å²) in [6, 6.07) is 11.5. The Morgan fingerprint density at radius 2 is 2.16 bits per heavy atom. The number of hydrogen-bond donors (Lipinski definition) is 1. The number of carbonyl (C=O) groups excluding carboxylic acids is 1. The lowest BCUT2D eigenvalue weighted by Gasteiger charge is -2.34. The molecule has 9 heteroatoms. The molecule has 1 amide bonds. The molecule has 1 aliphatic heterocycles. The lowest BCUT2D eigenvalue weighted by Crippen LogP contribution is -2.49. The standard InChI is InChI=1S/C23H23FN6O2/c1-14(31)29-10-8-20(18(24)13-29)26-23-27-22(32-2)21-17(7-11-30(21)28-23)15-5-6-19-16(12-15)4-3-9-25-19/h3-7,9,11-12,18,20H,8,10,13H2,1-2H3,(H,26,28)/t18-,20+/m1/s1. The van der Waals surface area contributed by atoms with E-state index in [1.807, 2.05) is 36.5 Å². The van der Waals surface area contributed by atoms with E-state index in [2.05, 4.69) is 26.4 Å². The van der Waals surface area contributed by atoms with Crippen LogP contribution in [0.3, 0.4) is 0 Å². The maximum atomic E-state index is 14.6. The molecule has 0 aliphatic carbocycles. The smallest absolute Gasteiger partial charge is 0.244 e. The fourth-order valence-corrected chi connectivity index (χ4v) is 4.19. The van der Waals surface area contributed by atoms with Gasteiger partial charge in [-0.2, -0.15) is 4.98 Å². The molecule has 8 nitrogen and oxygen atoms in total. The molecular weight excluding hydrogens is 411 g/mol. The lowest BCUT2D eigenvalue weighted by atomic mass is 10.0. The number of rotatable bonds is 4. The number of carbonyl (C=O) groups is 1. The highest BCUT2D eigenvalue weighted by molar-refractivity contribution is 5.90. The summed E-state index contributed by atoms with van der Waals surface area (Å²) in [5.74, 6) is 0.559. The van der Waals surface area contributed by atoms with E-state index in [1.54, 1.807) is 17.8 Å². The zero-order valence-corrected chi connectivity index (χ0v) is 17.8. The third kappa shape index (κ3) is 3.59. The van der Waals surface area contributed by atoms with Crippen LogP contribution in [0.1, 0.15) is 13.3 Å². The van der Waals surface area contributed by atoms with Crippen molar-refractivity contribution in [3.8, 4) is 17.0 Å². The topological polar surface area (TPSA) is 84.6 Å². The number of pyridine rings is 1. The highest BCUT2D eigenvalue weighted by atomic mass is 19.1. The third-order valence-corrected chi connectivity index (χ3v) is 5.89. The second-order valence-corrected chi connectivity index (χ2v) is 7.90. The molecule has 0 saturated carbocycles. The highest BCUT2D eigenvalue weighted by Crippen LogP contribution is 2.33. The van der Waals surface area contributed by atoms with Crippen LogP contribution in [-0.4, -0.2) is 62.8 Å². The number of benzene rings is 1. The number of fused-ring (bicyclic) bond motifs is 2. The van der Waals surface area contributed by atoms with Crippen LogP contribution in [0.5, 0.6) is 5.88 Å². The van der Waals surface area contributed by atoms with E-state index in [-0.39, 0.29) is 18.4 Å². The number of ether oxygens (including phenoxy) is 1. The molecular formula is C23H23FN6O2. The number of aromatic nitrogens is 4. The van der Waals surface area contributed by atoms with E-state index < -0.39 is 12.2 Å². The third-order valence-electron chi connectivity index (χ3n) is 5.89. The first-order chi connectivity index (χ1) is 15.5. The summed E-state index contributed by atoms with van der Waals surface area (Å²) in [6.07, 6.45) is 2.88. The predicted molar refractivity (Wildman–Crippen MR) is 119 cm³/mol. The summed E-state index contributed by atoms with van der Waals surface area (Å²) in [7, 11) is 1.55. The van der Waals surface area contributed by atoms with Crippen molar-refractivity contribution in [2.24, 2.45) is 0 Å². The Kier molecular flexibility index (Phi) is 5.08. The van der Waals surface area contributed by atoms with Crippen LogP contribution in [-0.2, 0) is 4.79 Å². The molecule has 1 aromatic carbocycles.